The van der Waals surface area contributed by atoms with E-state index in [9.17, 15) is 4.79 Å². The van der Waals surface area contributed by atoms with Gasteiger partial charge < -0.3 is 9.15 Å². The Labute approximate surface area is 137 Å². The van der Waals surface area contributed by atoms with Gasteiger partial charge in [-0.05, 0) is 35.9 Å². The number of ether oxygens (including phenoxy) is 1. The molecule has 3 rings (SSSR count). The fourth-order valence-electron chi connectivity index (χ4n) is 2.19. The Balaban J connectivity index is 1.98. The van der Waals surface area contributed by atoms with E-state index in [1.165, 1.54) is 6.07 Å². The number of rotatable bonds is 4. The van der Waals surface area contributed by atoms with Crippen LogP contribution in [0.25, 0.3) is 11.0 Å². The summed E-state index contributed by atoms with van der Waals surface area (Å²) in [6.45, 7) is 2.03. The van der Waals surface area contributed by atoms with Crippen LogP contribution in [0.5, 0.6) is 11.5 Å². The molecule has 3 nitrogen and oxygen atoms in total. The van der Waals surface area contributed by atoms with E-state index in [0.717, 1.165) is 17.6 Å². The highest BCUT2D eigenvalue weighted by Gasteiger charge is 2.12. The number of halogens is 2. The molecule has 5 heteroatoms. The lowest BCUT2D eigenvalue weighted by atomic mass is 10.2. The van der Waals surface area contributed by atoms with E-state index in [1.54, 1.807) is 12.1 Å². The summed E-state index contributed by atoms with van der Waals surface area (Å²) in [7, 11) is 0. The van der Waals surface area contributed by atoms with Gasteiger partial charge in [0.1, 0.15) is 11.5 Å². The van der Waals surface area contributed by atoms with Crippen molar-refractivity contribution in [2.75, 3.05) is 0 Å². The zero-order valence-corrected chi connectivity index (χ0v) is 13.2. The number of benzene rings is 2. The molecule has 112 valence electrons. The number of carbonyl (C=O) groups is 1. The van der Waals surface area contributed by atoms with Crippen molar-refractivity contribution < 1.29 is 13.9 Å². The van der Waals surface area contributed by atoms with Crippen LogP contribution < -0.4 is 4.74 Å². The van der Waals surface area contributed by atoms with Crippen molar-refractivity contribution in [3.63, 3.8) is 0 Å². The minimum absolute atomic E-state index is 0.248. The van der Waals surface area contributed by atoms with Gasteiger partial charge in [-0.15, -0.1) is 0 Å². The maximum atomic E-state index is 11.2. The van der Waals surface area contributed by atoms with Gasteiger partial charge in [0.25, 0.3) is 5.24 Å². The molecule has 0 unspecified atom stereocenters. The fraction of sp³-hybridized carbons (Fsp3) is 0.118. The lowest BCUT2D eigenvalue weighted by molar-refractivity contribution is 0.108. The summed E-state index contributed by atoms with van der Waals surface area (Å²) < 4.78 is 11.6. The van der Waals surface area contributed by atoms with Gasteiger partial charge in [0.2, 0.25) is 0 Å². The number of hydrogen-bond donors (Lipinski definition) is 0. The minimum atomic E-state index is -0.600. The Morgan fingerprint density at radius 3 is 2.73 bits per heavy atom. The van der Waals surface area contributed by atoms with Gasteiger partial charge in [-0.2, -0.15) is 0 Å². The van der Waals surface area contributed by atoms with Crippen LogP contribution in [-0.4, -0.2) is 5.24 Å². The number of fused-ring (bicyclic) bond motifs is 1. The van der Waals surface area contributed by atoms with Crippen molar-refractivity contribution in [2.45, 2.75) is 13.3 Å². The molecule has 0 saturated carbocycles. The van der Waals surface area contributed by atoms with Gasteiger partial charge in [0.05, 0.1) is 10.6 Å². The molecule has 0 aliphatic carbocycles. The summed E-state index contributed by atoms with van der Waals surface area (Å²) in [4.78, 5) is 11.2. The number of aryl methyl sites for hydroxylation is 1. The van der Waals surface area contributed by atoms with Crippen LogP contribution in [0.2, 0.25) is 5.02 Å². The van der Waals surface area contributed by atoms with Gasteiger partial charge in [-0.25, -0.2) is 0 Å². The molecular formula is C17H12Cl2O3. The van der Waals surface area contributed by atoms with Crippen molar-refractivity contribution in [3.8, 4) is 11.5 Å². The highest BCUT2D eigenvalue weighted by atomic mass is 35.5. The second kappa shape index (κ2) is 6.03. The third-order valence-electron chi connectivity index (χ3n) is 3.29. The smallest absolute Gasteiger partial charge is 0.253 e. The molecule has 0 bridgehead atoms. The average molecular weight is 335 g/mol. The molecule has 0 radical (unpaired) electrons. The van der Waals surface area contributed by atoms with E-state index < -0.39 is 5.24 Å². The van der Waals surface area contributed by atoms with Crippen LogP contribution in [-0.2, 0) is 6.42 Å². The third-order valence-corrected chi connectivity index (χ3v) is 3.80. The van der Waals surface area contributed by atoms with Crippen molar-refractivity contribution in [1.82, 2.24) is 0 Å². The van der Waals surface area contributed by atoms with Crippen LogP contribution in [0.4, 0.5) is 0 Å². The highest BCUT2D eigenvalue weighted by Crippen LogP contribution is 2.34. The summed E-state index contributed by atoms with van der Waals surface area (Å²) in [6.07, 6.45) is 0.812. The molecule has 0 atom stereocenters. The topological polar surface area (TPSA) is 39.4 Å². The van der Waals surface area contributed by atoms with Crippen molar-refractivity contribution in [1.29, 1.82) is 0 Å². The SMILES string of the molecule is CCc1cc2cccc(Oc3ccc(C(=O)Cl)c(Cl)c3)c2o1. The molecule has 0 N–H and O–H groups in total. The summed E-state index contributed by atoms with van der Waals surface area (Å²) in [5, 5.41) is 0.628. The Morgan fingerprint density at radius 1 is 1.23 bits per heavy atom. The van der Waals surface area contributed by atoms with Gasteiger partial charge >= 0.3 is 0 Å². The molecule has 3 aromatic rings. The second-order valence-corrected chi connectivity index (χ2v) is 5.51. The molecule has 1 heterocycles. The van der Waals surface area contributed by atoms with Crippen LogP contribution in [0.15, 0.2) is 46.9 Å². The standard InChI is InChI=1S/C17H12Cl2O3/c1-2-11-8-10-4-3-5-15(16(10)22-11)21-12-6-7-13(17(19)20)14(18)9-12/h3-9H,2H2,1H3. The van der Waals surface area contributed by atoms with E-state index >= 15 is 0 Å². The van der Waals surface area contributed by atoms with Gasteiger partial charge in [-0.1, -0.05) is 30.7 Å². The molecule has 0 aliphatic rings. The first-order valence-corrected chi connectivity index (χ1v) is 7.52. The Hall–Kier alpha value is -1.97. The first-order valence-electron chi connectivity index (χ1n) is 6.77. The summed E-state index contributed by atoms with van der Waals surface area (Å²) in [6, 6.07) is 12.4. The summed E-state index contributed by atoms with van der Waals surface area (Å²) >= 11 is 11.5. The number of carbonyl (C=O) groups excluding carboxylic acids is 1. The first kappa shape index (κ1) is 14.9. The minimum Gasteiger partial charge on any atom is -0.457 e. The largest absolute Gasteiger partial charge is 0.457 e. The fourth-order valence-corrected chi connectivity index (χ4v) is 2.66. The maximum Gasteiger partial charge on any atom is 0.253 e. The molecule has 0 spiro atoms. The summed E-state index contributed by atoms with van der Waals surface area (Å²) in [5.41, 5.74) is 0.938. The molecular weight excluding hydrogens is 323 g/mol. The quantitative estimate of drug-likeness (QED) is 0.564. The molecule has 0 fully saturated rings. The van der Waals surface area contributed by atoms with Crippen LogP contribution >= 0.6 is 23.2 Å². The Morgan fingerprint density at radius 2 is 2.05 bits per heavy atom. The van der Waals surface area contributed by atoms with Crippen molar-refractivity contribution in [2.24, 2.45) is 0 Å². The molecule has 0 amide bonds. The number of para-hydroxylation sites is 1. The monoisotopic (exact) mass is 334 g/mol. The van der Waals surface area contributed by atoms with Gasteiger partial charge in [0, 0.05) is 17.9 Å². The predicted molar refractivity (Wildman–Crippen MR) is 87.3 cm³/mol. The van der Waals surface area contributed by atoms with E-state index in [1.807, 2.05) is 31.2 Å². The molecule has 2 aromatic carbocycles. The second-order valence-electron chi connectivity index (χ2n) is 4.76. The molecule has 22 heavy (non-hydrogen) atoms. The maximum absolute atomic E-state index is 11.2. The van der Waals surface area contributed by atoms with Crippen LogP contribution in [0, 0.1) is 0 Å². The lowest BCUT2D eigenvalue weighted by Crippen LogP contribution is -1.91. The normalized spacial score (nSPS) is 10.9. The number of hydrogen-bond acceptors (Lipinski definition) is 3. The zero-order chi connectivity index (χ0) is 15.7. The Kier molecular flexibility index (Phi) is 4.10. The highest BCUT2D eigenvalue weighted by molar-refractivity contribution is 6.68. The van der Waals surface area contributed by atoms with E-state index in [-0.39, 0.29) is 10.6 Å². The zero-order valence-electron chi connectivity index (χ0n) is 11.7. The third kappa shape index (κ3) is 2.82. The van der Waals surface area contributed by atoms with E-state index in [0.29, 0.717) is 17.1 Å². The average Bonchev–Trinajstić information content (AvgIpc) is 2.91. The molecule has 0 saturated heterocycles. The van der Waals surface area contributed by atoms with E-state index in [2.05, 4.69) is 0 Å². The van der Waals surface area contributed by atoms with Crippen molar-refractivity contribution in [3.05, 3.63) is 58.8 Å². The molecule has 0 aliphatic heterocycles. The summed E-state index contributed by atoms with van der Waals surface area (Å²) in [5.74, 6) is 2.00. The molecule has 1 aromatic heterocycles. The Bertz CT molecular complexity index is 852. The predicted octanol–water partition coefficient (Wildman–Crippen LogP) is 5.82. The van der Waals surface area contributed by atoms with E-state index in [4.69, 9.17) is 32.4 Å². The van der Waals surface area contributed by atoms with Crippen molar-refractivity contribution >= 4 is 39.4 Å². The van der Waals surface area contributed by atoms with Gasteiger partial charge in [-0.3, -0.25) is 4.79 Å². The number of furan rings is 1. The lowest BCUT2D eigenvalue weighted by Gasteiger charge is -2.07. The first-order chi connectivity index (χ1) is 10.6. The van der Waals surface area contributed by atoms with Gasteiger partial charge in [0.15, 0.2) is 11.3 Å². The van der Waals surface area contributed by atoms with Crippen LogP contribution in [0.1, 0.15) is 23.0 Å². The van der Waals surface area contributed by atoms with Crippen LogP contribution in [0.3, 0.4) is 0 Å².